The zero-order valence-electron chi connectivity index (χ0n) is 17.4. The third-order valence-electron chi connectivity index (χ3n) is 5.43. The van der Waals surface area contributed by atoms with Crippen LogP contribution in [-0.4, -0.2) is 48.3 Å². The molecule has 1 saturated heterocycles. The Balaban J connectivity index is 2.04. The van der Waals surface area contributed by atoms with Crippen molar-refractivity contribution in [2.24, 2.45) is 5.92 Å². The fraction of sp³-hybridized carbons (Fsp3) is 0.455. The van der Waals surface area contributed by atoms with Crippen LogP contribution in [-0.2, 0) is 9.59 Å². The van der Waals surface area contributed by atoms with Crippen molar-refractivity contribution in [1.29, 1.82) is 0 Å². The van der Waals surface area contributed by atoms with Crippen LogP contribution in [0.25, 0.3) is 0 Å². The van der Waals surface area contributed by atoms with E-state index in [9.17, 15) is 9.59 Å². The Hall–Kier alpha value is -1.60. The van der Waals surface area contributed by atoms with Crippen LogP contribution in [0.2, 0.25) is 5.02 Å². The number of hydrogen-bond donors (Lipinski definition) is 1. The molecule has 1 N–H and O–H groups in total. The Bertz CT molecular complexity index is 889. The van der Waals surface area contributed by atoms with Gasteiger partial charge in [-0.2, -0.15) is 0 Å². The summed E-state index contributed by atoms with van der Waals surface area (Å²) in [5.74, 6) is -0.213. The average molecular weight is 468 g/mol. The van der Waals surface area contributed by atoms with Crippen molar-refractivity contribution in [1.82, 2.24) is 10.2 Å². The number of carbonyl (C=O) groups excluding carboxylic acids is 2. The van der Waals surface area contributed by atoms with Gasteiger partial charge in [-0.1, -0.05) is 31.5 Å². The Labute approximate surface area is 192 Å². The first-order chi connectivity index (χ1) is 14.3. The lowest BCUT2D eigenvalue weighted by atomic mass is 10.0. The van der Waals surface area contributed by atoms with Gasteiger partial charge in [-0.05, 0) is 48.1 Å². The van der Waals surface area contributed by atoms with Crippen LogP contribution in [0.1, 0.15) is 30.3 Å². The molecule has 0 saturated carbocycles. The van der Waals surface area contributed by atoms with E-state index in [2.05, 4.69) is 19.2 Å². The van der Waals surface area contributed by atoms with Crippen LogP contribution in [0.3, 0.4) is 0 Å². The largest absolute Gasteiger partial charge is 0.338 e. The van der Waals surface area contributed by atoms with Crippen LogP contribution in [0.4, 0.5) is 5.69 Å². The number of benzene rings is 1. The molecule has 2 heterocycles. The first kappa shape index (κ1) is 23.1. The number of halogens is 2. The van der Waals surface area contributed by atoms with E-state index in [4.69, 9.17) is 23.2 Å². The molecule has 2 atom stereocenters. The molecular weight excluding hydrogens is 441 g/mol. The lowest BCUT2D eigenvalue weighted by Crippen LogP contribution is -2.57. The number of nitrogens with one attached hydrogen (secondary N) is 1. The zero-order chi connectivity index (χ0) is 21.8. The van der Waals surface area contributed by atoms with Gasteiger partial charge in [0, 0.05) is 41.3 Å². The number of rotatable bonds is 6. The molecule has 0 bridgehead atoms. The minimum absolute atomic E-state index is 0.0857. The lowest BCUT2D eigenvalue weighted by molar-refractivity contribution is -0.135. The third-order valence-corrected chi connectivity index (χ3v) is 6.82. The summed E-state index contributed by atoms with van der Waals surface area (Å²) in [7, 11) is 0. The van der Waals surface area contributed by atoms with Gasteiger partial charge >= 0.3 is 0 Å². The summed E-state index contributed by atoms with van der Waals surface area (Å²) in [6.45, 7) is 8.11. The van der Waals surface area contributed by atoms with E-state index in [-0.39, 0.29) is 23.7 Å². The SMILES string of the molecule is Cc1cc(Cl)ccc1N(C(=O)CCl)[C@@H](C(=O)N1CCN[C@@H](C(C)C)C1)c1cccs1. The fourth-order valence-electron chi connectivity index (χ4n) is 3.78. The summed E-state index contributed by atoms with van der Waals surface area (Å²) in [6.07, 6.45) is 0. The van der Waals surface area contributed by atoms with Crippen LogP contribution in [0.5, 0.6) is 0 Å². The molecule has 8 heteroatoms. The van der Waals surface area contributed by atoms with E-state index in [0.717, 1.165) is 17.0 Å². The smallest absolute Gasteiger partial charge is 0.251 e. The second-order valence-electron chi connectivity index (χ2n) is 7.84. The van der Waals surface area contributed by atoms with E-state index < -0.39 is 6.04 Å². The lowest BCUT2D eigenvalue weighted by Gasteiger charge is -2.40. The highest BCUT2D eigenvalue weighted by atomic mass is 35.5. The zero-order valence-corrected chi connectivity index (χ0v) is 19.7. The molecule has 0 radical (unpaired) electrons. The van der Waals surface area contributed by atoms with E-state index in [1.807, 2.05) is 29.3 Å². The molecule has 0 unspecified atom stereocenters. The highest BCUT2D eigenvalue weighted by molar-refractivity contribution is 7.10. The molecule has 1 aliphatic rings. The average Bonchev–Trinajstić information content (AvgIpc) is 3.26. The van der Waals surface area contributed by atoms with Crippen molar-refractivity contribution < 1.29 is 9.59 Å². The molecule has 1 aromatic carbocycles. The summed E-state index contributed by atoms with van der Waals surface area (Å²) in [6, 6.07) is 8.56. The monoisotopic (exact) mass is 467 g/mol. The van der Waals surface area contributed by atoms with Crippen LogP contribution >= 0.6 is 34.5 Å². The minimum atomic E-state index is -0.762. The minimum Gasteiger partial charge on any atom is -0.338 e. The summed E-state index contributed by atoms with van der Waals surface area (Å²) < 4.78 is 0. The molecule has 1 fully saturated rings. The molecule has 5 nitrogen and oxygen atoms in total. The maximum Gasteiger partial charge on any atom is 0.251 e. The molecule has 0 aliphatic carbocycles. The van der Waals surface area contributed by atoms with Crippen molar-refractivity contribution in [2.45, 2.75) is 32.9 Å². The fourth-order valence-corrected chi connectivity index (χ4v) is 4.94. The molecular formula is C22H27Cl2N3O2S. The Morgan fingerprint density at radius 2 is 2.10 bits per heavy atom. The Kier molecular flexibility index (Phi) is 7.80. The van der Waals surface area contributed by atoms with Crippen molar-refractivity contribution in [2.75, 3.05) is 30.4 Å². The number of carbonyl (C=O) groups is 2. The van der Waals surface area contributed by atoms with Gasteiger partial charge in [0.05, 0.1) is 0 Å². The molecule has 0 spiro atoms. The number of aryl methyl sites for hydroxylation is 1. The predicted molar refractivity (Wildman–Crippen MR) is 125 cm³/mol. The van der Waals surface area contributed by atoms with Gasteiger partial charge in [-0.3, -0.25) is 14.5 Å². The van der Waals surface area contributed by atoms with Gasteiger partial charge in [0.15, 0.2) is 0 Å². The summed E-state index contributed by atoms with van der Waals surface area (Å²) in [5.41, 5.74) is 1.46. The topological polar surface area (TPSA) is 52.7 Å². The van der Waals surface area contributed by atoms with Gasteiger partial charge in [0.25, 0.3) is 5.91 Å². The van der Waals surface area contributed by atoms with Crippen molar-refractivity contribution in [3.8, 4) is 0 Å². The summed E-state index contributed by atoms with van der Waals surface area (Å²) in [5, 5.41) is 5.98. The molecule has 162 valence electrons. The van der Waals surface area contributed by atoms with E-state index in [1.54, 1.807) is 23.1 Å². The molecule has 2 aromatic rings. The van der Waals surface area contributed by atoms with Gasteiger partial charge < -0.3 is 10.2 Å². The molecule has 1 aromatic heterocycles. The second kappa shape index (κ2) is 10.1. The second-order valence-corrected chi connectivity index (χ2v) is 9.52. The number of piperazine rings is 1. The maximum absolute atomic E-state index is 13.8. The van der Waals surface area contributed by atoms with Crippen molar-refractivity contribution >= 4 is 52.0 Å². The molecule has 30 heavy (non-hydrogen) atoms. The number of nitrogens with zero attached hydrogens (tertiary/aromatic N) is 2. The summed E-state index contributed by atoms with van der Waals surface area (Å²) in [4.78, 5) is 31.1. The van der Waals surface area contributed by atoms with Crippen LogP contribution in [0, 0.1) is 12.8 Å². The van der Waals surface area contributed by atoms with Gasteiger partial charge in [-0.25, -0.2) is 0 Å². The highest BCUT2D eigenvalue weighted by Crippen LogP contribution is 2.35. The summed E-state index contributed by atoms with van der Waals surface area (Å²) >= 11 is 13.6. The van der Waals surface area contributed by atoms with E-state index in [0.29, 0.717) is 29.7 Å². The number of anilines is 1. The first-order valence-electron chi connectivity index (χ1n) is 10.0. The molecule has 1 aliphatic heterocycles. The van der Waals surface area contributed by atoms with E-state index in [1.165, 1.54) is 11.3 Å². The van der Waals surface area contributed by atoms with Crippen molar-refractivity contribution in [3.05, 3.63) is 51.2 Å². The van der Waals surface area contributed by atoms with Gasteiger partial charge in [-0.15, -0.1) is 22.9 Å². The Morgan fingerprint density at radius 3 is 2.70 bits per heavy atom. The number of thiophene rings is 1. The van der Waals surface area contributed by atoms with Gasteiger partial charge in [0.1, 0.15) is 11.9 Å². The first-order valence-corrected chi connectivity index (χ1v) is 11.8. The Morgan fingerprint density at radius 1 is 1.33 bits per heavy atom. The maximum atomic E-state index is 13.8. The normalized spacial score (nSPS) is 17.8. The standard InChI is InChI=1S/C22H27Cl2N3O2S/c1-14(2)17-13-26(9-8-25-17)22(29)21(19-5-4-10-30-19)27(20(28)12-23)18-7-6-16(24)11-15(18)3/h4-7,10-11,14,17,21,25H,8-9,12-13H2,1-3H3/t17-,21-/m1/s1. The molecule has 3 rings (SSSR count). The third kappa shape index (κ3) is 4.99. The number of hydrogen-bond acceptors (Lipinski definition) is 4. The number of alkyl halides is 1. The quantitative estimate of drug-likeness (QED) is 0.637. The molecule has 2 amide bonds. The van der Waals surface area contributed by atoms with E-state index >= 15 is 0 Å². The predicted octanol–water partition coefficient (Wildman–Crippen LogP) is 4.48. The highest BCUT2D eigenvalue weighted by Gasteiger charge is 2.38. The van der Waals surface area contributed by atoms with Crippen molar-refractivity contribution in [3.63, 3.8) is 0 Å². The number of amides is 2. The van der Waals surface area contributed by atoms with Crippen LogP contribution < -0.4 is 10.2 Å². The van der Waals surface area contributed by atoms with Gasteiger partial charge in [0.2, 0.25) is 5.91 Å². The van der Waals surface area contributed by atoms with Crippen LogP contribution in [0.15, 0.2) is 35.7 Å².